The van der Waals surface area contributed by atoms with Crippen LogP contribution >= 0.6 is 0 Å². The molecule has 8 aliphatic carbocycles. The van der Waals surface area contributed by atoms with Crippen LogP contribution in [0.1, 0.15) is 114 Å². The van der Waals surface area contributed by atoms with Crippen LogP contribution in [0.4, 0.5) is 0 Å². The van der Waals surface area contributed by atoms with E-state index in [-0.39, 0.29) is 0 Å². The maximum absolute atomic E-state index is 6.92. The Morgan fingerprint density at radius 1 is 0.735 bits per heavy atom. The molecule has 1 saturated heterocycles. The molecule has 9 aliphatic rings. The Labute approximate surface area is 206 Å². The molecular weight excluding hydrogens is 416 g/mol. The van der Waals surface area contributed by atoms with E-state index in [1.165, 1.54) is 82.8 Å². The van der Waals surface area contributed by atoms with Gasteiger partial charge in [0.25, 0.3) is 0 Å². The van der Waals surface area contributed by atoms with Crippen LogP contribution in [-0.4, -0.2) is 19.3 Å². The second-order valence-electron chi connectivity index (χ2n) is 14.7. The van der Waals surface area contributed by atoms with Gasteiger partial charge in [-0.05, 0) is 135 Å². The van der Waals surface area contributed by atoms with Crippen molar-refractivity contribution in [3.05, 3.63) is 28.8 Å². The Morgan fingerprint density at radius 2 is 1.15 bits per heavy atom. The Kier molecular flexibility index (Phi) is 4.51. The summed E-state index contributed by atoms with van der Waals surface area (Å²) in [6, 6.07) is 5.28. The van der Waals surface area contributed by atoms with Gasteiger partial charge in [-0.15, -0.1) is 0 Å². The van der Waals surface area contributed by atoms with E-state index in [1.54, 1.807) is 16.7 Å². The fourth-order valence-corrected chi connectivity index (χ4v) is 11.4. The summed E-state index contributed by atoms with van der Waals surface area (Å²) in [6.45, 7) is 6.54. The van der Waals surface area contributed by atoms with Crippen molar-refractivity contribution in [1.29, 1.82) is 0 Å². The van der Waals surface area contributed by atoms with Crippen molar-refractivity contribution in [2.24, 2.45) is 35.5 Å². The zero-order valence-corrected chi connectivity index (χ0v) is 21.5. The van der Waals surface area contributed by atoms with E-state index < -0.39 is 0 Å². The molecule has 1 heterocycles. The van der Waals surface area contributed by atoms with Gasteiger partial charge in [0.15, 0.2) is 0 Å². The molecule has 34 heavy (non-hydrogen) atoms. The Hall–Kier alpha value is -1.02. The second-order valence-corrected chi connectivity index (χ2v) is 14.7. The summed E-state index contributed by atoms with van der Waals surface area (Å²) in [5.74, 6) is 7.71. The molecule has 1 aromatic rings. The summed E-state index contributed by atoms with van der Waals surface area (Å²) < 4.78 is 12.5. The predicted octanol–water partition coefficient (Wildman–Crippen LogP) is 7.52. The minimum absolute atomic E-state index is 0.326. The van der Waals surface area contributed by atoms with E-state index in [0.717, 1.165) is 48.7 Å². The minimum atomic E-state index is 0.326. The Balaban J connectivity index is 1.27. The number of hydrogen-bond acceptors (Lipinski definition) is 2. The topological polar surface area (TPSA) is 21.8 Å². The average molecular weight is 461 g/mol. The van der Waals surface area contributed by atoms with Crippen LogP contribution in [0.5, 0.6) is 5.75 Å². The predicted molar refractivity (Wildman–Crippen MR) is 135 cm³/mol. The lowest BCUT2D eigenvalue weighted by molar-refractivity contribution is -0.00845. The molecule has 2 heteroatoms. The first-order valence-corrected chi connectivity index (χ1v) is 14.9. The monoisotopic (exact) mass is 460 g/mol. The maximum Gasteiger partial charge on any atom is 0.126 e. The third kappa shape index (κ3) is 3.15. The van der Waals surface area contributed by atoms with Crippen molar-refractivity contribution < 1.29 is 9.47 Å². The first-order chi connectivity index (χ1) is 16.5. The molecule has 1 atom stereocenters. The molecule has 10 rings (SSSR count). The van der Waals surface area contributed by atoms with E-state index >= 15 is 0 Å². The molecule has 0 spiro atoms. The van der Waals surface area contributed by atoms with Gasteiger partial charge in [-0.2, -0.15) is 0 Å². The van der Waals surface area contributed by atoms with E-state index in [4.69, 9.17) is 9.47 Å². The molecule has 1 aliphatic heterocycles. The molecule has 1 unspecified atom stereocenters. The molecular formula is C32H44O2. The number of hydrogen-bond donors (Lipinski definition) is 0. The number of rotatable bonds is 6. The molecule has 184 valence electrons. The summed E-state index contributed by atoms with van der Waals surface area (Å²) in [4.78, 5) is 0. The summed E-state index contributed by atoms with van der Waals surface area (Å²) in [6.07, 6.45) is 18.0. The third-order valence-corrected chi connectivity index (χ3v) is 11.8. The summed E-state index contributed by atoms with van der Waals surface area (Å²) in [7, 11) is 0. The van der Waals surface area contributed by atoms with E-state index in [1.807, 2.05) is 0 Å². The minimum Gasteiger partial charge on any atom is -0.490 e. The molecule has 8 bridgehead atoms. The van der Waals surface area contributed by atoms with Crippen LogP contribution in [-0.2, 0) is 15.6 Å². The van der Waals surface area contributed by atoms with Crippen LogP contribution in [0.25, 0.3) is 0 Å². The fourth-order valence-electron chi connectivity index (χ4n) is 11.4. The van der Waals surface area contributed by atoms with E-state index in [9.17, 15) is 0 Å². The van der Waals surface area contributed by atoms with Gasteiger partial charge in [-0.1, -0.05) is 26.0 Å². The average Bonchev–Trinajstić information content (AvgIpc) is 3.59. The van der Waals surface area contributed by atoms with Crippen LogP contribution in [0, 0.1) is 35.5 Å². The standard InChI is InChI=1S/C32H44O2/c1-19(2)29-27(31-11-20-5-21(12-31)7-22(6-20)13-31)3-4-28(30(29)34-18-26-17-33-26)32-14-23-8-24(15-32)10-25(9-23)16-32/h3-4,19-26H,5-18H2,1-2H3. The van der Waals surface area contributed by atoms with Gasteiger partial charge in [0.1, 0.15) is 18.5 Å². The summed E-state index contributed by atoms with van der Waals surface area (Å²) >= 11 is 0. The SMILES string of the molecule is CC(C)c1c(C23CC4CC(CC(C4)C2)C3)ccc(C23CC4CC(CC(C4)C2)C3)c1OCC1CO1. The Bertz CT molecular complexity index is 914. The highest BCUT2D eigenvalue weighted by Gasteiger charge is 2.55. The number of benzene rings is 1. The lowest BCUT2D eigenvalue weighted by Crippen LogP contribution is -2.50. The highest BCUT2D eigenvalue weighted by Crippen LogP contribution is 2.65. The van der Waals surface area contributed by atoms with Crippen LogP contribution in [0.15, 0.2) is 12.1 Å². The van der Waals surface area contributed by atoms with Crippen molar-refractivity contribution in [2.75, 3.05) is 13.2 Å². The zero-order chi connectivity index (χ0) is 22.7. The van der Waals surface area contributed by atoms with Gasteiger partial charge in [0, 0.05) is 11.1 Å². The highest BCUT2D eigenvalue weighted by molar-refractivity contribution is 5.55. The number of epoxide rings is 1. The van der Waals surface area contributed by atoms with Gasteiger partial charge < -0.3 is 9.47 Å². The molecule has 9 fully saturated rings. The van der Waals surface area contributed by atoms with Gasteiger partial charge in [0.2, 0.25) is 0 Å². The summed E-state index contributed by atoms with van der Waals surface area (Å²) in [5.41, 5.74) is 5.75. The van der Waals surface area contributed by atoms with Crippen molar-refractivity contribution in [3.63, 3.8) is 0 Å². The smallest absolute Gasteiger partial charge is 0.126 e. The van der Waals surface area contributed by atoms with E-state index in [0.29, 0.717) is 22.9 Å². The van der Waals surface area contributed by atoms with Gasteiger partial charge in [-0.3, -0.25) is 0 Å². The van der Waals surface area contributed by atoms with Crippen LogP contribution in [0.3, 0.4) is 0 Å². The molecule has 0 amide bonds. The lowest BCUT2D eigenvalue weighted by atomic mass is 9.46. The molecule has 8 saturated carbocycles. The van der Waals surface area contributed by atoms with E-state index in [2.05, 4.69) is 26.0 Å². The van der Waals surface area contributed by atoms with Crippen molar-refractivity contribution in [2.45, 2.75) is 114 Å². The second kappa shape index (κ2) is 7.27. The zero-order valence-electron chi connectivity index (χ0n) is 21.5. The molecule has 0 aromatic heterocycles. The quantitative estimate of drug-likeness (QED) is 0.409. The molecule has 0 N–H and O–H groups in total. The number of ether oxygens (including phenoxy) is 2. The summed E-state index contributed by atoms with van der Waals surface area (Å²) in [5, 5.41) is 0. The molecule has 1 aromatic carbocycles. The van der Waals surface area contributed by atoms with Crippen LogP contribution < -0.4 is 4.74 Å². The van der Waals surface area contributed by atoms with Gasteiger partial charge in [-0.25, -0.2) is 0 Å². The normalized spacial score (nSPS) is 47.6. The highest BCUT2D eigenvalue weighted by atomic mass is 16.6. The van der Waals surface area contributed by atoms with Crippen molar-refractivity contribution in [3.8, 4) is 5.75 Å². The van der Waals surface area contributed by atoms with Crippen molar-refractivity contribution in [1.82, 2.24) is 0 Å². The Morgan fingerprint density at radius 3 is 1.56 bits per heavy atom. The molecule has 2 nitrogen and oxygen atoms in total. The van der Waals surface area contributed by atoms with Crippen LogP contribution in [0.2, 0.25) is 0 Å². The molecule has 0 radical (unpaired) electrons. The fraction of sp³-hybridized carbons (Fsp3) is 0.812. The van der Waals surface area contributed by atoms with Crippen molar-refractivity contribution >= 4 is 0 Å². The largest absolute Gasteiger partial charge is 0.490 e. The maximum atomic E-state index is 6.92. The first kappa shape index (κ1) is 21.1. The van der Waals surface area contributed by atoms with Gasteiger partial charge in [0.05, 0.1) is 6.61 Å². The first-order valence-electron chi connectivity index (χ1n) is 14.9. The lowest BCUT2D eigenvalue weighted by Gasteiger charge is -2.59. The third-order valence-electron chi connectivity index (χ3n) is 11.8. The van der Waals surface area contributed by atoms with Gasteiger partial charge >= 0.3 is 0 Å².